The first-order valence-corrected chi connectivity index (χ1v) is 11.3. The number of halogens is 2. The Morgan fingerprint density at radius 2 is 1.79 bits per heavy atom. The summed E-state index contributed by atoms with van der Waals surface area (Å²) < 4.78 is 52.6. The molecule has 0 aromatic heterocycles. The first kappa shape index (κ1) is 21.6. The van der Waals surface area contributed by atoms with Crippen LogP contribution in [0, 0.1) is 17.6 Å². The molecule has 7 nitrogen and oxygen atoms in total. The Morgan fingerprint density at radius 1 is 1.17 bits per heavy atom. The Balaban J connectivity index is 1.55. The quantitative estimate of drug-likeness (QED) is 0.745. The van der Waals surface area contributed by atoms with Gasteiger partial charge >= 0.3 is 0 Å². The lowest BCUT2D eigenvalue weighted by Crippen LogP contribution is -2.48. The van der Waals surface area contributed by atoms with E-state index >= 15 is 0 Å². The fraction of sp³-hybridized carbons (Fsp3) is 0.579. The van der Waals surface area contributed by atoms with Crippen LogP contribution in [0.15, 0.2) is 18.2 Å². The van der Waals surface area contributed by atoms with Crippen LogP contribution >= 0.6 is 0 Å². The van der Waals surface area contributed by atoms with Gasteiger partial charge in [0.1, 0.15) is 11.6 Å². The summed E-state index contributed by atoms with van der Waals surface area (Å²) in [6.45, 7) is 2.57. The molecule has 2 aliphatic heterocycles. The van der Waals surface area contributed by atoms with Crippen LogP contribution < -0.4 is 10.2 Å². The molecule has 0 radical (unpaired) electrons. The molecule has 2 saturated heterocycles. The van der Waals surface area contributed by atoms with Gasteiger partial charge in [0.25, 0.3) is 0 Å². The maximum atomic E-state index is 13.4. The van der Waals surface area contributed by atoms with E-state index in [-0.39, 0.29) is 42.3 Å². The molecule has 0 saturated carbocycles. The molecule has 1 aromatic carbocycles. The number of amides is 2. The predicted octanol–water partition coefficient (Wildman–Crippen LogP) is 1.64. The maximum absolute atomic E-state index is 13.4. The van der Waals surface area contributed by atoms with E-state index in [2.05, 4.69) is 5.32 Å². The number of hydrogen-bond acceptors (Lipinski definition) is 4. The van der Waals surface area contributed by atoms with Crippen molar-refractivity contribution in [3.63, 3.8) is 0 Å². The van der Waals surface area contributed by atoms with Crippen LogP contribution in [0.25, 0.3) is 0 Å². The van der Waals surface area contributed by atoms with E-state index < -0.39 is 27.6 Å². The van der Waals surface area contributed by atoms with Crippen LogP contribution in [0.5, 0.6) is 0 Å². The third-order valence-electron chi connectivity index (χ3n) is 5.31. The Hall–Kier alpha value is -2.07. The maximum Gasteiger partial charge on any atom is 0.227 e. The van der Waals surface area contributed by atoms with E-state index in [9.17, 15) is 26.8 Å². The second-order valence-corrected chi connectivity index (χ2v) is 9.62. The van der Waals surface area contributed by atoms with Crippen LogP contribution in [0.4, 0.5) is 14.5 Å². The number of anilines is 1. The highest BCUT2D eigenvalue weighted by molar-refractivity contribution is 7.89. The van der Waals surface area contributed by atoms with Crippen LogP contribution in [0.1, 0.15) is 32.6 Å². The number of sulfonamides is 1. The average molecular weight is 429 g/mol. The molecular formula is C19H25F2N3O4S. The van der Waals surface area contributed by atoms with Crippen molar-refractivity contribution >= 4 is 27.5 Å². The van der Waals surface area contributed by atoms with Gasteiger partial charge in [0.05, 0.1) is 11.7 Å². The number of carbonyl (C=O) groups is 2. The number of rotatable bonds is 6. The Labute approximate surface area is 169 Å². The third kappa shape index (κ3) is 5.11. The van der Waals surface area contributed by atoms with Crippen molar-refractivity contribution in [3.8, 4) is 0 Å². The summed E-state index contributed by atoms with van der Waals surface area (Å²) in [5.74, 6) is -2.74. The molecule has 1 N–H and O–H groups in total. The average Bonchev–Trinajstić information content (AvgIpc) is 3.03. The van der Waals surface area contributed by atoms with Gasteiger partial charge in [-0.15, -0.1) is 0 Å². The van der Waals surface area contributed by atoms with Crippen molar-refractivity contribution in [3.05, 3.63) is 29.8 Å². The third-order valence-corrected chi connectivity index (χ3v) is 7.39. The fourth-order valence-electron chi connectivity index (χ4n) is 3.81. The summed E-state index contributed by atoms with van der Waals surface area (Å²) in [6.07, 6.45) is 1.54. The molecule has 1 atom stereocenters. The molecule has 10 heteroatoms. The number of benzene rings is 1. The van der Waals surface area contributed by atoms with Gasteiger partial charge in [-0.2, -0.15) is 0 Å². The first-order chi connectivity index (χ1) is 13.7. The van der Waals surface area contributed by atoms with Crippen molar-refractivity contribution in [1.29, 1.82) is 0 Å². The minimum Gasteiger partial charge on any atom is -0.353 e. The molecule has 2 fully saturated rings. The molecule has 29 heavy (non-hydrogen) atoms. The van der Waals surface area contributed by atoms with Crippen molar-refractivity contribution in [2.75, 3.05) is 30.3 Å². The predicted molar refractivity (Wildman–Crippen MR) is 104 cm³/mol. The van der Waals surface area contributed by atoms with Gasteiger partial charge in [-0.05, 0) is 31.4 Å². The molecule has 1 aromatic rings. The summed E-state index contributed by atoms with van der Waals surface area (Å²) in [5, 5.41) is 2.89. The number of piperidine rings is 1. The number of nitrogens with one attached hydrogen (secondary N) is 1. The zero-order valence-electron chi connectivity index (χ0n) is 16.2. The highest BCUT2D eigenvalue weighted by atomic mass is 32.2. The SMILES string of the molecule is CCCS(=O)(=O)N1CCC(NC(=O)C2CC(=O)N(c3cc(F)cc(F)c3)C2)CC1. The van der Waals surface area contributed by atoms with Crippen LogP contribution in [0.3, 0.4) is 0 Å². The molecule has 160 valence electrons. The monoisotopic (exact) mass is 429 g/mol. The van der Waals surface area contributed by atoms with Crippen molar-refractivity contribution < 1.29 is 26.8 Å². The second kappa shape index (κ2) is 8.74. The molecule has 2 amide bonds. The highest BCUT2D eigenvalue weighted by Gasteiger charge is 2.37. The summed E-state index contributed by atoms with van der Waals surface area (Å²) in [5.41, 5.74) is 0.0947. The Bertz CT molecular complexity index is 865. The molecule has 3 rings (SSSR count). The van der Waals surface area contributed by atoms with Gasteiger partial charge in [0, 0.05) is 43.9 Å². The number of hydrogen-bond donors (Lipinski definition) is 1. The second-order valence-electron chi connectivity index (χ2n) is 7.53. The summed E-state index contributed by atoms with van der Waals surface area (Å²) in [6, 6.07) is 2.69. The van der Waals surface area contributed by atoms with Gasteiger partial charge in [0.2, 0.25) is 21.8 Å². The highest BCUT2D eigenvalue weighted by Crippen LogP contribution is 2.27. The van der Waals surface area contributed by atoms with Gasteiger partial charge in [-0.25, -0.2) is 21.5 Å². The van der Waals surface area contributed by atoms with Crippen molar-refractivity contribution in [1.82, 2.24) is 9.62 Å². The Kier molecular flexibility index (Phi) is 6.52. The van der Waals surface area contributed by atoms with Crippen LogP contribution in [-0.2, 0) is 19.6 Å². The molecule has 2 heterocycles. The van der Waals surface area contributed by atoms with Crippen molar-refractivity contribution in [2.45, 2.75) is 38.6 Å². The van der Waals surface area contributed by atoms with Crippen molar-refractivity contribution in [2.24, 2.45) is 5.92 Å². The van der Waals surface area contributed by atoms with E-state index in [4.69, 9.17) is 0 Å². The topological polar surface area (TPSA) is 86.8 Å². The summed E-state index contributed by atoms with van der Waals surface area (Å²) in [7, 11) is -3.25. The summed E-state index contributed by atoms with van der Waals surface area (Å²) >= 11 is 0. The molecule has 0 bridgehead atoms. The van der Waals surface area contributed by atoms with Gasteiger partial charge in [0.15, 0.2) is 0 Å². The zero-order valence-corrected chi connectivity index (χ0v) is 17.1. The van der Waals surface area contributed by atoms with E-state index in [0.29, 0.717) is 32.4 Å². The van der Waals surface area contributed by atoms with E-state index in [0.717, 1.165) is 18.2 Å². The molecule has 2 aliphatic rings. The smallest absolute Gasteiger partial charge is 0.227 e. The molecule has 0 spiro atoms. The number of nitrogens with zero attached hydrogens (tertiary/aromatic N) is 2. The summed E-state index contributed by atoms with van der Waals surface area (Å²) in [4.78, 5) is 26.0. The Morgan fingerprint density at radius 3 is 2.38 bits per heavy atom. The van der Waals surface area contributed by atoms with E-state index in [1.807, 2.05) is 6.92 Å². The molecular weight excluding hydrogens is 404 g/mol. The normalized spacial score (nSPS) is 21.6. The minimum absolute atomic E-state index is 0.0340. The molecule has 0 aliphatic carbocycles. The van der Waals surface area contributed by atoms with Crippen LogP contribution in [-0.4, -0.2) is 56.0 Å². The largest absolute Gasteiger partial charge is 0.353 e. The van der Waals surface area contributed by atoms with E-state index in [1.54, 1.807) is 0 Å². The molecule has 1 unspecified atom stereocenters. The minimum atomic E-state index is -3.25. The standard InChI is InChI=1S/C19H25F2N3O4S/c1-2-7-29(27,28)23-5-3-16(4-6-23)22-19(26)13-8-18(25)24(12-13)17-10-14(20)9-15(21)11-17/h9-11,13,16H,2-8,12H2,1H3,(H,22,26). The number of carbonyl (C=O) groups excluding carboxylic acids is 2. The fourth-order valence-corrected chi connectivity index (χ4v) is 5.35. The van der Waals surface area contributed by atoms with Crippen LogP contribution in [0.2, 0.25) is 0 Å². The lowest BCUT2D eigenvalue weighted by atomic mass is 10.0. The lowest BCUT2D eigenvalue weighted by Gasteiger charge is -2.32. The van der Waals surface area contributed by atoms with Gasteiger partial charge < -0.3 is 10.2 Å². The first-order valence-electron chi connectivity index (χ1n) is 9.74. The van der Waals surface area contributed by atoms with Gasteiger partial charge in [-0.1, -0.05) is 6.92 Å². The van der Waals surface area contributed by atoms with Gasteiger partial charge in [-0.3, -0.25) is 9.59 Å². The van der Waals surface area contributed by atoms with E-state index in [1.165, 1.54) is 9.21 Å². The zero-order chi connectivity index (χ0) is 21.2. The lowest BCUT2D eigenvalue weighted by molar-refractivity contribution is -0.127.